The van der Waals surface area contributed by atoms with Crippen LogP contribution < -0.4 is 5.32 Å². The van der Waals surface area contributed by atoms with E-state index in [4.69, 9.17) is 0 Å². The minimum atomic E-state index is -0.978. The van der Waals surface area contributed by atoms with Crippen LogP contribution in [0.1, 0.15) is 15.9 Å². The van der Waals surface area contributed by atoms with E-state index in [1.165, 1.54) is 19.2 Å². The highest BCUT2D eigenvalue weighted by molar-refractivity contribution is 6.45. The lowest BCUT2D eigenvalue weighted by molar-refractivity contribution is -0.131. The number of carbonyl (C=O) groups excluding carboxylic acids is 3. The van der Waals surface area contributed by atoms with Gasteiger partial charge in [0.05, 0.1) is 18.4 Å². The van der Waals surface area contributed by atoms with Crippen molar-refractivity contribution in [1.29, 1.82) is 0 Å². The Bertz CT molecular complexity index is 796. The zero-order chi connectivity index (χ0) is 17.5. The van der Waals surface area contributed by atoms with Crippen LogP contribution in [0.3, 0.4) is 0 Å². The smallest absolute Gasteiger partial charge is 0.339 e. The number of amides is 1. The zero-order valence-corrected chi connectivity index (χ0v) is 12.9. The van der Waals surface area contributed by atoms with Gasteiger partial charge in [0.2, 0.25) is 5.78 Å². The van der Waals surface area contributed by atoms with Crippen molar-refractivity contribution in [2.45, 2.75) is 0 Å². The molecule has 6 heteroatoms. The Labute approximate surface area is 138 Å². The number of carbonyl (C=O) groups is 3. The van der Waals surface area contributed by atoms with Gasteiger partial charge in [0.25, 0.3) is 5.91 Å². The average Bonchev–Trinajstić information content (AvgIpc) is 2.62. The molecule has 0 aliphatic carbocycles. The number of hydrogen-bond acceptors (Lipinski definition) is 5. The number of benzene rings is 2. The Morgan fingerprint density at radius 1 is 1.00 bits per heavy atom. The first-order chi connectivity index (χ1) is 11.5. The lowest BCUT2D eigenvalue weighted by Gasteiger charge is -2.08. The van der Waals surface area contributed by atoms with E-state index < -0.39 is 17.7 Å². The first-order valence-electron chi connectivity index (χ1n) is 7.01. The molecule has 0 aliphatic rings. The third-order valence-electron chi connectivity index (χ3n) is 3.14. The number of para-hydroxylation sites is 1. The van der Waals surface area contributed by atoms with Crippen LogP contribution in [0.5, 0.6) is 0 Å². The molecule has 0 radical (unpaired) electrons. The van der Waals surface area contributed by atoms with E-state index in [0.717, 1.165) is 6.08 Å². The molecule has 0 saturated carbocycles. The van der Waals surface area contributed by atoms with Crippen LogP contribution in [-0.2, 0) is 14.3 Å². The van der Waals surface area contributed by atoms with E-state index in [1.54, 1.807) is 42.5 Å². The van der Waals surface area contributed by atoms with Gasteiger partial charge in [-0.05, 0) is 12.1 Å². The highest BCUT2D eigenvalue weighted by Crippen LogP contribution is 2.16. The average molecular weight is 325 g/mol. The molecule has 2 rings (SSSR count). The molecule has 0 spiro atoms. The summed E-state index contributed by atoms with van der Waals surface area (Å²) >= 11 is 0. The molecule has 0 atom stereocenters. The fourth-order valence-electron chi connectivity index (χ4n) is 1.95. The van der Waals surface area contributed by atoms with Crippen LogP contribution >= 0.6 is 0 Å². The van der Waals surface area contributed by atoms with Crippen molar-refractivity contribution in [2.24, 2.45) is 0 Å². The molecule has 2 aromatic rings. The Kier molecular flexibility index (Phi) is 5.46. The van der Waals surface area contributed by atoms with Crippen molar-refractivity contribution in [3.05, 3.63) is 71.8 Å². The minimum absolute atomic E-state index is 0.123. The predicted octanol–water partition coefficient (Wildman–Crippen LogP) is 2.58. The first kappa shape index (κ1) is 17.0. The van der Waals surface area contributed by atoms with E-state index in [0.29, 0.717) is 5.56 Å². The first-order valence-corrected chi connectivity index (χ1v) is 7.01. The predicted molar refractivity (Wildman–Crippen MR) is 88.5 cm³/mol. The van der Waals surface area contributed by atoms with E-state index in [2.05, 4.69) is 10.1 Å². The second kappa shape index (κ2) is 7.73. The summed E-state index contributed by atoms with van der Waals surface area (Å²) in [4.78, 5) is 35.5. The summed E-state index contributed by atoms with van der Waals surface area (Å²) < 4.78 is 4.61. The highest BCUT2D eigenvalue weighted by atomic mass is 16.5. The van der Waals surface area contributed by atoms with Crippen LogP contribution in [0.15, 0.2) is 60.7 Å². The Balaban J connectivity index is 2.16. The maximum atomic E-state index is 12.0. The molecule has 6 nitrogen and oxygen atoms in total. The van der Waals surface area contributed by atoms with Gasteiger partial charge >= 0.3 is 5.97 Å². The number of nitrogens with one attached hydrogen (secondary N) is 1. The SMILES string of the molecule is COC(=O)c1ccccc1NC(=O)C(=O)/C=C(/O)c1ccccc1. The van der Waals surface area contributed by atoms with Crippen LogP contribution in [0.4, 0.5) is 5.69 Å². The normalized spacial score (nSPS) is 10.8. The topological polar surface area (TPSA) is 92.7 Å². The minimum Gasteiger partial charge on any atom is -0.507 e. The number of esters is 1. The lowest BCUT2D eigenvalue weighted by Crippen LogP contribution is -2.22. The number of anilines is 1. The number of ketones is 1. The molecular formula is C18H15NO5. The standard InChI is InChI=1S/C18H15NO5/c1-24-18(23)13-9-5-6-10-14(13)19-17(22)16(21)11-15(20)12-7-3-2-4-8-12/h2-11,20H,1H3,(H,19,22)/b15-11+. The van der Waals surface area contributed by atoms with Crippen molar-refractivity contribution in [2.75, 3.05) is 12.4 Å². The molecule has 0 aliphatic heterocycles. The van der Waals surface area contributed by atoms with Gasteiger partial charge in [-0.15, -0.1) is 0 Å². The van der Waals surface area contributed by atoms with Gasteiger partial charge in [-0.25, -0.2) is 4.79 Å². The number of aliphatic hydroxyl groups is 1. The van der Waals surface area contributed by atoms with E-state index >= 15 is 0 Å². The molecule has 122 valence electrons. The summed E-state index contributed by atoms with van der Waals surface area (Å²) in [6, 6.07) is 14.5. The second-order valence-electron chi connectivity index (χ2n) is 4.75. The van der Waals surface area contributed by atoms with Crippen molar-refractivity contribution in [1.82, 2.24) is 0 Å². The van der Waals surface area contributed by atoms with Crippen molar-refractivity contribution >= 4 is 29.1 Å². The molecule has 0 heterocycles. The van der Waals surface area contributed by atoms with Crippen molar-refractivity contribution < 1.29 is 24.2 Å². The summed E-state index contributed by atoms with van der Waals surface area (Å²) in [5.41, 5.74) is 0.682. The third kappa shape index (κ3) is 4.07. The monoisotopic (exact) mass is 325 g/mol. The second-order valence-corrected chi connectivity index (χ2v) is 4.75. The summed E-state index contributed by atoms with van der Waals surface area (Å²) in [5, 5.41) is 12.2. The number of rotatable bonds is 5. The summed E-state index contributed by atoms with van der Waals surface area (Å²) in [6.45, 7) is 0. The van der Waals surface area contributed by atoms with Gasteiger partial charge in [0.15, 0.2) is 0 Å². The maximum Gasteiger partial charge on any atom is 0.339 e. The molecule has 0 bridgehead atoms. The van der Waals surface area contributed by atoms with E-state index in [9.17, 15) is 19.5 Å². The van der Waals surface area contributed by atoms with Gasteiger partial charge < -0.3 is 15.2 Å². The molecule has 1 amide bonds. The van der Waals surface area contributed by atoms with Crippen LogP contribution in [-0.4, -0.2) is 29.9 Å². The molecule has 0 saturated heterocycles. The molecular weight excluding hydrogens is 310 g/mol. The zero-order valence-electron chi connectivity index (χ0n) is 12.9. The summed E-state index contributed by atoms with van der Waals surface area (Å²) in [7, 11) is 1.22. The van der Waals surface area contributed by atoms with Gasteiger partial charge in [0, 0.05) is 11.6 Å². The van der Waals surface area contributed by atoms with Crippen LogP contribution in [0.2, 0.25) is 0 Å². The van der Waals surface area contributed by atoms with Gasteiger partial charge in [-0.3, -0.25) is 9.59 Å². The fourth-order valence-corrected chi connectivity index (χ4v) is 1.95. The van der Waals surface area contributed by atoms with Gasteiger partial charge in [-0.2, -0.15) is 0 Å². The van der Waals surface area contributed by atoms with E-state index in [1.807, 2.05) is 0 Å². The number of ether oxygens (including phenoxy) is 1. The number of methoxy groups -OCH3 is 1. The summed E-state index contributed by atoms with van der Waals surface area (Å²) in [5.74, 6) is -2.89. The Hall–Kier alpha value is -3.41. The molecule has 0 unspecified atom stereocenters. The Morgan fingerprint density at radius 3 is 2.29 bits per heavy atom. The quantitative estimate of drug-likeness (QED) is 0.381. The van der Waals surface area contributed by atoms with Crippen molar-refractivity contribution in [3.63, 3.8) is 0 Å². The Morgan fingerprint density at radius 2 is 1.62 bits per heavy atom. The third-order valence-corrected chi connectivity index (χ3v) is 3.14. The molecule has 2 N–H and O–H groups in total. The number of aliphatic hydroxyl groups excluding tert-OH is 1. The largest absolute Gasteiger partial charge is 0.507 e. The molecule has 2 aromatic carbocycles. The molecule has 24 heavy (non-hydrogen) atoms. The van der Waals surface area contributed by atoms with E-state index in [-0.39, 0.29) is 17.0 Å². The molecule has 0 fully saturated rings. The van der Waals surface area contributed by atoms with Crippen LogP contribution in [0, 0.1) is 0 Å². The van der Waals surface area contributed by atoms with Gasteiger partial charge in [0.1, 0.15) is 5.76 Å². The lowest BCUT2D eigenvalue weighted by atomic mass is 10.1. The molecule has 0 aromatic heterocycles. The number of hydrogen-bond donors (Lipinski definition) is 2. The van der Waals surface area contributed by atoms with Gasteiger partial charge in [-0.1, -0.05) is 42.5 Å². The van der Waals surface area contributed by atoms with Crippen molar-refractivity contribution in [3.8, 4) is 0 Å². The highest BCUT2D eigenvalue weighted by Gasteiger charge is 2.17. The maximum absolute atomic E-state index is 12.0. The van der Waals surface area contributed by atoms with Crippen LogP contribution in [0.25, 0.3) is 5.76 Å². The fraction of sp³-hybridized carbons (Fsp3) is 0.0556. The summed E-state index contributed by atoms with van der Waals surface area (Å²) in [6.07, 6.45) is 0.825.